The molecule has 0 spiro atoms. The third kappa shape index (κ3) is 2.49. The largest absolute Gasteiger partial charge is 0.467 e. The van der Waals surface area contributed by atoms with Gasteiger partial charge in [0.05, 0.1) is 12.1 Å². The van der Waals surface area contributed by atoms with Gasteiger partial charge in [-0.25, -0.2) is 9.18 Å². The van der Waals surface area contributed by atoms with Gasteiger partial charge in [0.15, 0.2) is 6.10 Å². The van der Waals surface area contributed by atoms with Gasteiger partial charge in [-0.15, -0.1) is 0 Å². The van der Waals surface area contributed by atoms with E-state index >= 15 is 0 Å². The highest BCUT2D eigenvalue weighted by atomic mass is 35.5. The molecule has 0 aliphatic heterocycles. The number of benzene rings is 1. The molecule has 0 aliphatic rings. The molecule has 0 saturated heterocycles. The Morgan fingerprint density at radius 2 is 2.12 bits per heavy atom. The monoisotopic (exact) mass is 248 g/mol. The molecule has 1 aromatic carbocycles. The fourth-order valence-corrected chi connectivity index (χ4v) is 1.41. The van der Waals surface area contributed by atoms with E-state index in [-0.39, 0.29) is 10.6 Å². The third-order valence-electron chi connectivity index (χ3n) is 2.04. The second-order valence-corrected chi connectivity index (χ2v) is 3.43. The standard InChI is InChI=1S/C10H10ClFO4/c1-16-10(15)9(14)8(13)5-3-2-4-6(12)7(5)11/h2-4,8-9,13-14H,1H3. The summed E-state index contributed by atoms with van der Waals surface area (Å²) < 4.78 is 17.3. The van der Waals surface area contributed by atoms with E-state index in [1.165, 1.54) is 12.1 Å². The summed E-state index contributed by atoms with van der Waals surface area (Å²) in [5, 5.41) is 18.6. The Labute approximate surface area is 96.2 Å². The zero-order valence-electron chi connectivity index (χ0n) is 8.35. The normalized spacial score (nSPS) is 14.3. The first-order chi connectivity index (χ1) is 7.49. The van der Waals surface area contributed by atoms with Crippen molar-refractivity contribution < 1.29 is 24.1 Å². The predicted octanol–water partition coefficient (Wildman–Crippen LogP) is 1.05. The first-order valence-corrected chi connectivity index (χ1v) is 4.74. The lowest BCUT2D eigenvalue weighted by atomic mass is 10.0. The summed E-state index contributed by atoms with van der Waals surface area (Å²) in [6.07, 6.45) is -3.43. The molecule has 0 heterocycles. The quantitative estimate of drug-likeness (QED) is 0.785. The fourth-order valence-electron chi connectivity index (χ4n) is 1.17. The molecule has 4 nitrogen and oxygen atoms in total. The van der Waals surface area contributed by atoms with Crippen LogP contribution in [0, 0.1) is 5.82 Å². The molecular weight excluding hydrogens is 239 g/mol. The number of ether oxygens (including phenoxy) is 1. The van der Waals surface area contributed by atoms with Gasteiger partial charge in [-0.1, -0.05) is 23.7 Å². The molecule has 0 bridgehead atoms. The molecule has 0 saturated carbocycles. The maximum atomic E-state index is 13.0. The van der Waals surface area contributed by atoms with Crippen molar-refractivity contribution in [3.05, 3.63) is 34.6 Å². The molecule has 0 aromatic heterocycles. The van der Waals surface area contributed by atoms with Crippen molar-refractivity contribution in [1.82, 2.24) is 0 Å². The van der Waals surface area contributed by atoms with Crippen LogP contribution in [0.5, 0.6) is 0 Å². The molecule has 1 rings (SSSR count). The summed E-state index contributed by atoms with van der Waals surface area (Å²) in [7, 11) is 1.06. The fraction of sp³-hybridized carbons (Fsp3) is 0.300. The first kappa shape index (κ1) is 12.9. The van der Waals surface area contributed by atoms with E-state index in [1.807, 2.05) is 0 Å². The Kier molecular flexibility index (Phi) is 4.23. The molecular formula is C10H10ClFO4. The van der Waals surface area contributed by atoms with E-state index in [9.17, 15) is 19.4 Å². The van der Waals surface area contributed by atoms with Gasteiger partial charge >= 0.3 is 5.97 Å². The Hall–Kier alpha value is -1.17. The van der Waals surface area contributed by atoms with E-state index in [0.717, 1.165) is 13.2 Å². The lowest BCUT2D eigenvalue weighted by Crippen LogP contribution is -2.29. The smallest absolute Gasteiger partial charge is 0.337 e. The second-order valence-electron chi connectivity index (χ2n) is 3.06. The highest BCUT2D eigenvalue weighted by Gasteiger charge is 2.28. The average molecular weight is 249 g/mol. The Balaban J connectivity index is 3.00. The van der Waals surface area contributed by atoms with Gasteiger partial charge < -0.3 is 14.9 Å². The summed E-state index contributed by atoms with van der Waals surface area (Å²) in [6.45, 7) is 0. The second kappa shape index (κ2) is 5.25. The Morgan fingerprint density at radius 3 is 2.69 bits per heavy atom. The van der Waals surface area contributed by atoms with Crippen molar-refractivity contribution in [2.45, 2.75) is 12.2 Å². The molecule has 6 heteroatoms. The van der Waals surface area contributed by atoms with Crippen LogP contribution in [0.15, 0.2) is 18.2 Å². The summed E-state index contributed by atoms with van der Waals surface area (Å²) >= 11 is 5.58. The van der Waals surface area contributed by atoms with Crippen LogP contribution in [0.1, 0.15) is 11.7 Å². The van der Waals surface area contributed by atoms with Gasteiger partial charge in [0.25, 0.3) is 0 Å². The maximum Gasteiger partial charge on any atom is 0.337 e. The number of aliphatic hydroxyl groups excluding tert-OH is 2. The van der Waals surface area contributed by atoms with Gasteiger partial charge in [0.2, 0.25) is 0 Å². The Bertz CT molecular complexity index is 396. The van der Waals surface area contributed by atoms with Crippen molar-refractivity contribution in [3.63, 3.8) is 0 Å². The minimum atomic E-state index is -1.80. The van der Waals surface area contributed by atoms with Crippen LogP contribution >= 0.6 is 11.6 Å². The summed E-state index contributed by atoms with van der Waals surface area (Å²) in [5.41, 5.74) is -0.0698. The number of rotatable bonds is 3. The Morgan fingerprint density at radius 1 is 1.50 bits per heavy atom. The average Bonchev–Trinajstić information content (AvgIpc) is 2.29. The van der Waals surface area contributed by atoms with Crippen LogP contribution in [0.25, 0.3) is 0 Å². The van der Waals surface area contributed by atoms with E-state index in [1.54, 1.807) is 0 Å². The van der Waals surface area contributed by atoms with Crippen LogP contribution in [0.4, 0.5) is 4.39 Å². The van der Waals surface area contributed by atoms with E-state index < -0.39 is 24.0 Å². The lowest BCUT2D eigenvalue weighted by Gasteiger charge is -2.17. The maximum absolute atomic E-state index is 13.0. The molecule has 2 N–H and O–H groups in total. The zero-order chi connectivity index (χ0) is 12.3. The van der Waals surface area contributed by atoms with Gasteiger partial charge in [0.1, 0.15) is 11.9 Å². The van der Waals surface area contributed by atoms with Crippen LogP contribution in [0.3, 0.4) is 0 Å². The minimum Gasteiger partial charge on any atom is -0.467 e. The highest BCUT2D eigenvalue weighted by molar-refractivity contribution is 6.31. The predicted molar refractivity (Wildman–Crippen MR) is 54.4 cm³/mol. The number of esters is 1. The number of hydrogen-bond acceptors (Lipinski definition) is 4. The summed E-state index contributed by atoms with van der Waals surface area (Å²) in [6, 6.07) is 3.72. The molecule has 0 amide bonds. The molecule has 2 atom stereocenters. The SMILES string of the molecule is COC(=O)C(O)C(O)c1cccc(F)c1Cl. The molecule has 0 radical (unpaired) electrons. The number of carbonyl (C=O) groups excluding carboxylic acids is 1. The highest BCUT2D eigenvalue weighted by Crippen LogP contribution is 2.27. The van der Waals surface area contributed by atoms with E-state index in [0.29, 0.717) is 0 Å². The first-order valence-electron chi connectivity index (χ1n) is 4.37. The van der Waals surface area contributed by atoms with Crippen LogP contribution in [0.2, 0.25) is 5.02 Å². The van der Waals surface area contributed by atoms with Crippen LogP contribution in [-0.2, 0) is 9.53 Å². The number of hydrogen-bond donors (Lipinski definition) is 2. The molecule has 88 valence electrons. The number of carbonyl (C=O) groups is 1. The zero-order valence-corrected chi connectivity index (χ0v) is 9.11. The molecule has 2 unspecified atom stereocenters. The topological polar surface area (TPSA) is 66.8 Å². The molecule has 1 aromatic rings. The van der Waals surface area contributed by atoms with Crippen molar-refractivity contribution in [1.29, 1.82) is 0 Å². The third-order valence-corrected chi connectivity index (χ3v) is 2.44. The van der Waals surface area contributed by atoms with Crippen molar-refractivity contribution in [2.75, 3.05) is 7.11 Å². The van der Waals surface area contributed by atoms with E-state index in [2.05, 4.69) is 4.74 Å². The number of methoxy groups -OCH3 is 1. The van der Waals surface area contributed by atoms with Gasteiger partial charge in [-0.2, -0.15) is 0 Å². The van der Waals surface area contributed by atoms with Gasteiger partial charge in [-0.3, -0.25) is 0 Å². The minimum absolute atomic E-state index is 0.0698. The van der Waals surface area contributed by atoms with E-state index in [4.69, 9.17) is 11.6 Å². The van der Waals surface area contributed by atoms with Crippen molar-refractivity contribution in [2.24, 2.45) is 0 Å². The van der Waals surface area contributed by atoms with Crippen molar-refractivity contribution in [3.8, 4) is 0 Å². The lowest BCUT2D eigenvalue weighted by molar-refractivity contribution is -0.156. The number of halogens is 2. The van der Waals surface area contributed by atoms with Crippen LogP contribution < -0.4 is 0 Å². The summed E-state index contributed by atoms with van der Waals surface area (Å²) in [4.78, 5) is 11.0. The van der Waals surface area contributed by atoms with Crippen LogP contribution in [-0.4, -0.2) is 29.4 Å². The summed E-state index contributed by atoms with van der Waals surface area (Å²) in [5.74, 6) is -1.76. The number of aliphatic hydroxyl groups is 2. The molecule has 16 heavy (non-hydrogen) atoms. The van der Waals surface area contributed by atoms with Gasteiger partial charge in [0, 0.05) is 5.56 Å². The van der Waals surface area contributed by atoms with Crippen molar-refractivity contribution >= 4 is 17.6 Å². The molecule has 0 fully saturated rings. The van der Waals surface area contributed by atoms with Gasteiger partial charge in [-0.05, 0) is 6.07 Å². The molecule has 0 aliphatic carbocycles.